The van der Waals surface area contributed by atoms with Gasteiger partial charge in [0, 0.05) is 18.2 Å². The SMILES string of the molecule is CNCCC1CCN(Cc2cc(F)ccc2[N+](=O)[O-])CC1.Cl. The van der Waals surface area contributed by atoms with Crippen LogP contribution in [0.25, 0.3) is 0 Å². The Labute approximate surface area is 136 Å². The standard InChI is InChI=1S/C15H22FN3O2.ClH/c1-17-7-4-12-5-8-18(9-6-12)11-13-10-14(16)2-3-15(13)19(20)21;/h2-3,10,12,17H,4-9,11H2,1H3;1H. The topological polar surface area (TPSA) is 58.4 Å². The second kappa shape index (κ2) is 9.02. The Morgan fingerprint density at radius 3 is 2.68 bits per heavy atom. The van der Waals surface area contributed by atoms with Crippen LogP contribution in [0.3, 0.4) is 0 Å². The fourth-order valence-electron chi connectivity index (χ4n) is 2.88. The Balaban J connectivity index is 0.00000242. The highest BCUT2D eigenvalue weighted by Crippen LogP contribution is 2.25. The number of nitrogens with zero attached hydrogens (tertiary/aromatic N) is 2. The summed E-state index contributed by atoms with van der Waals surface area (Å²) >= 11 is 0. The first-order valence-electron chi connectivity index (χ1n) is 7.40. The van der Waals surface area contributed by atoms with Crippen molar-refractivity contribution >= 4 is 18.1 Å². The lowest BCUT2D eigenvalue weighted by atomic mass is 9.93. The number of rotatable bonds is 6. The van der Waals surface area contributed by atoms with Crippen LogP contribution in [0, 0.1) is 21.8 Å². The first-order valence-corrected chi connectivity index (χ1v) is 7.40. The fourth-order valence-corrected chi connectivity index (χ4v) is 2.88. The molecule has 1 aliphatic rings. The van der Waals surface area contributed by atoms with Crippen LogP contribution in [-0.2, 0) is 6.54 Å². The molecule has 0 aromatic heterocycles. The molecule has 7 heteroatoms. The van der Waals surface area contributed by atoms with Gasteiger partial charge in [-0.15, -0.1) is 12.4 Å². The molecule has 1 aromatic carbocycles. The molecular weight excluding hydrogens is 309 g/mol. The number of hydrogen-bond donors (Lipinski definition) is 1. The predicted octanol–water partition coefficient (Wildman–Crippen LogP) is 2.98. The molecule has 124 valence electrons. The van der Waals surface area contributed by atoms with Crippen LogP contribution in [0.5, 0.6) is 0 Å². The maximum absolute atomic E-state index is 13.3. The van der Waals surface area contributed by atoms with Gasteiger partial charge < -0.3 is 5.32 Å². The normalized spacial score (nSPS) is 16.3. The zero-order valence-electron chi connectivity index (χ0n) is 12.8. The molecule has 0 saturated carbocycles. The Hall–Kier alpha value is -1.24. The van der Waals surface area contributed by atoms with Crippen LogP contribution in [-0.4, -0.2) is 36.5 Å². The second-order valence-electron chi connectivity index (χ2n) is 5.64. The van der Waals surface area contributed by atoms with E-state index in [2.05, 4.69) is 10.2 Å². The van der Waals surface area contributed by atoms with E-state index in [9.17, 15) is 14.5 Å². The third-order valence-corrected chi connectivity index (χ3v) is 4.14. The quantitative estimate of drug-likeness (QED) is 0.643. The molecule has 1 N–H and O–H groups in total. The smallest absolute Gasteiger partial charge is 0.274 e. The average molecular weight is 332 g/mol. The predicted molar refractivity (Wildman–Crippen MR) is 86.8 cm³/mol. The van der Waals surface area contributed by atoms with Gasteiger partial charge in [0.2, 0.25) is 0 Å². The van der Waals surface area contributed by atoms with Gasteiger partial charge in [-0.2, -0.15) is 0 Å². The van der Waals surface area contributed by atoms with E-state index in [1.165, 1.54) is 18.6 Å². The van der Waals surface area contributed by atoms with Crippen LogP contribution in [0.2, 0.25) is 0 Å². The third kappa shape index (κ3) is 5.19. The minimum absolute atomic E-state index is 0. The molecule has 0 aliphatic carbocycles. The summed E-state index contributed by atoms with van der Waals surface area (Å²) in [5.74, 6) is 0.302. The van der Waals surface area contributed by atoms with E-state index < -0.39 is 10.7 Å². The first kappa shape index (κ1) is 18.8. The highest BCUT2D eigenvalue weighted by Gasteiger charge is 2.22. The molecule has 0 atom stereocenters. The summed E-state index contributed by atoms with van der Waals surface area (Å²) in [5.41, 5.74) is 0.474. The monoisotopic (exact) mass is 331 g/mol. The molecule has 22 heavy (non-hydrogen) atoms. The third-order valence-electron chi connectivity index (χ3n) is 4.14. The van der Waals surface area contributed by atoms with Crippen molar-refractivity contribution < 1.29 is 9.31 Å². The van der Waals surface area contributed by atoms with Gasteiger partial charge in [0.15, 0.2) is 0 Å². The number of nitrogens with one attached hydrogen (secondary N) is 1. The first-order chi connectivity index (χ1) is 10.1. The second-order valence-corrected chi connectivity index (χ2v) is 5.64. The summed E-state index contributed by atoms with van der Waals surface area (Å²) < 4.78 is 13.3. The molecule has 5 nitrogen and oxygen atoms in total. The Morgan fingerprint density at radius 1 is 1.41 bits per heavy atom. The molecule has 0 unspecified atom stereocenters. The zero-order valence-corrected chi connectivity index (χ0v) is 13.6. The van der Waals surface area contributed by atoms with E-state index in [0.717, 1.165) is 44.5 Å². The summed E-state index contributed by atoms with van der Waals surface area (Å²) in [4.78, 5) is 12.7. The van der Waals surface area contributed by atoms with E-state index in [4.69, 9.17) is 0 Å². The van der Waals surface area contributed by atoms with Gasteiger partial charge in [-0.25, -0.2) is 4.39 Å². The Bertz CT molecular complexity index is 494. The largest absolute Gasteiger partial charge is 0.320 e. The molecule has 0 amide bonds. The van der Waals surface area contributed by atoms with Gasteiger partial charge in [0.1, 0.15) is 5.82 Å². The van der Waals surface area contributed by atoms with Gasteiger partial charge in [0.25, 0.3) is 5.69 Å². The molecule has 1 saturated heterocycles. The molecule has 1 aliphatic heterocycles. The van der Waals surface area contributed by atoms with Crippen molar-refractivity contribution in [1.29, 1.82) is 0 Å². The highest BCUT2D eigenvalue weighted by atomic mass is 35.5. The van der Waals surface area contributed by atoms with Crippen LogP contribution in [0.1, 0.15) is 24.8 Å². The Morgan fingerprint density at radius 2 is 2.09 bits per heavy atom. The van der Waals surface area contributed by atoms with E-state index in [-0.39, 0.29) is 18.1 Å². The van der Waals surface area contributed by atoms with Crippen molar-refractivity contribution in [2.24, 2.45) is 5.92 Å². The molecule has 1 aromatic rings. The lowest BCUT2D eigenvalue weighted by Gasteiger charge is -2.31. The van der Waals surface area contributed by atoms with Crippen LogP contribution in [0.15, 0.2) is 18.2 Å². The number of piperidine rings is 1. The number of nitro benzene ring substituents is 1. The number of halogens is 2. The minimum atomic E-state index is -0.436. The number of nitro groups is 1. The van der Waals surface area contributed by atoms with Crippen LogP contribution < -0.4 is 5.32 Å². The Kier molecular flexibility index (Phi) is 7.72. The molecule has 1 fully saturated rings. The van der Waals surface area contributed by atoms with E-state index in [1.54, 1.807) is 0 Å². The van der Waals surface area contributed by atoms with Crippen molar-refractivity contribution in [3.8, 4) is 0 Å². The van der Waals surface area contributed by atoms with E-state index in [0.29, 0.717) is 12.1 Å². The maximum Gasteiger partial charge on any atom is 0.274 e. The molecule has 1 heterocycles. The van der Waals surface area contributed by atoms with E-state index in [1.807, 2.05) is 7.05 Å². The molecule has 2 rings (SSSR count). The van der Waals surface area contributed by atoms with Crippen LogP contribution in [0.4, 0.5) is 10.1 Å². The highest BCUT2D eigenvalue weighted by molar-refractivity contribution is 5.85. The molecule has 0 radical (unpaired) electrons. The number of likely N-dealkylation sites (tertiary alicyclic amines) is 1. The lowest BCUT2D eigenvalue weighted by molar-refractivity contribution is -0.385. The summed E-state index contributed by atoms with van der Waals surface area (Å²) in [7, 11) is 1.96. The van der Waals surface area contributed by atoms with Gasteiger partial charge >= 0.3 is 0 Å². The zero-order chi connectivity index (χ0) is 15.2. The lowest BCUT2D eigenvalue weighted by Crippen LogP contribution is -2.34. The maximum atomic E-state index is 13.3. The molecular formula is C15H23ClFN3O2. The molecule has 0 spiro atoms. The van der Waals surface area contributed by atoms with E-state index >= 15 is 0 Å². The summed E-state index contributed by atoms with van der Waals surface area (Å²) in [5, 5.41) is 14.2. The molecule has 0 bridgehead atoms. The van der Waals surface area contributed by atoms with Gasteiger partial charge in [-0.3, -0.25) is 15.0 Å². The van der Waals surface area contributed by atoms with Crippen molar-refractivity contribution in [1.82, 2.24) is 10.2 Å². The van der Waals surface area contributed by atoms with Crippen molar-refractivity contribution in [3.05, 3.63) is 39.7 Å². The summed E-state index contributed by atoms with van der Waals surface area (Å²) in [6, 6.07) is 3.68. The number of hydrogen-bond acceptors (Lipinski definition) is 4. The fraction of sp³-hybridized carbons (Fsp3) is 0.600. The summed E-state index contributed by atoms with van der Waals surface area (Å²) in [6.07, 6.45) is 3.38. The van der Waals surface area contributed by atoms with Crippen LogP contribution >= 0.6 is 12.4 Å². The van der Waals surface area contributed by atoms with Gasteiger partial charge in [0.05, 0.1) is 4.92 Å². The average Bonchev–Trinajstić information content (AvgIpc) is 2.46. The van der Waals surface area contributed by atoms with Gasteiger partial charge in [-0.05, 0) is 64.0 Å². The van der Waals surface area contributed by atoms with Crippen molar-refractivity contribution in [3.63, 3.8) is 0 Å². The number of benzene rings is 1. The van der Waals surface area contributed by atoms with Gasteiger partial charge in [-0.1, -0.05) is 0 Å². The minimum Gasteiger partial charge on any atom is -0.320 e. The van der Waals surface area contributed by atoms with Crippen molar-refractivity contribution in [2.75, 3.05) is 26.7 Å². The summed E-state index contributed by atoms with van der Waals surface area (Å²) in [6.45, 7) is 3.32. The van der Waals surface area contributed by atoms with Crippen molar-refractivity contribution in [2.45, 2.75) is 25.8 Å².